The van der Waals surface area contributed by atoms with Crippen molar-refractivity contribution in [1.82, 2.24) is 0 Å². The van der Waals surface area contributed by atoms with Crippen LogP contribution in [0.5, 0.6) is 5.75 Å². The molecule has 1 aliphatic heterocycles. The van der Waals surface area contributed by atoms with Crippen molar-refractivity contribution < 1.29 is 19.5 Å². The van der Waals surface area contributed by atoms with E-state index in [0.29, 0.717) is 23.2 Å². The Kier molecular flexibility index (Phi) is 4.32. The van der Waals surface area contributed by atoms with Crippen LogP contribution in [-0.2, 0) is 9.63 Å². The summed E-state index contributed by atoms with van der Waals surface area (Å²) in [4.78, 5) is 30.8. The highest BCUT2D eigenvalue weighted by Gasteiger charge is 2.30. The maximum Gasteiger partial charge on any atom is 0.228 e. The summed E-state index contributed by atoms with van der Waals surface area (Å²) in [5.41, 5.74) is 5.07. The fourth-order valence-electron chi connectivity index (χ4n) is 3.95. The maximum atomic E-state index is 12.7. The number of carbonyl (C=O) groups excluding carboxylic acids is 2. The lowest BCUT2D eigenvalue weighted by Crippen LogP contribution is -2.20. The normalized spacial score (nSPS) is 16.5. The van der Waals surface area contributed by atoms with Crippen molar-refractivity contribution in [1.29, 1.82) is 0 Å². The predicted octanol–water partition coefficient (Wildman–Crippen LogP) is 4.13. The molecule has 6 heteroatoms. The van der Waals surface area contributed by atoms with E-state index < -0.39 is 0 Å². The van der Waals surface area contributed by atoms with Crippen LogP contribution in [0.1, 0.15) is 34.3 Å². The van der Waals surface area contributed by atoms with E-state index in [0.717, 1.165) is 22.4 Å². The predicted molar refractivity (Wildman–Crippen MR) is 113 cm³/mol. The smallest absolute Gasteiger partial charge is 0.228 e. The van der Waals surface area contributed by atoms with Crippen molar-refractivity contribution in [2.75, 3.05) is 5.32 Å². The van der Waals surface area contributed by atoms with E-state index in [1.165, 1.54) is 0 Å². The standard InChI is InChI=1S/C24H18N2O4/c27-15-10-8-14(9-11-15)21-12-16(30-26-21)13-22(28)25-20-7-3-6-19-23(20)17-4-1-2-5-18(17)24(19)29/h1-11,16,27H,12-13H2,(H,25,28). The molecule has 1 heterocycles. The molecule has 148 valence electrons. The van der Waals surface area contributed by atoms with Gasteiger partial charge in [-0.1, -0.05) is 41.6 Å². The molecule has 30 heavy (non-hydrogen) atoms. The molecule has 1 atom stereocenters. The van der Waals surface area contributed by atoms with Crippen LogP contribution in [0.25, 0.3) is 11.1 Å². The molecule has 5 rings (SSSR count). The number of fused-ring (bicyclic) bond motifs is 3. The number of aromatic hydroxyl groups is 1. The first-order valence-electron chi connectivity index (χ1n) is 9.69. The third kappa shape index (κ3) is 3.12. The number of amides is 1. The van der Waals surface area contributed by atoms with Crippen molar-refractivity contribution in [2.24, 2.45) is 5.16 Å². The summed E-state index contributed by atoms with van der Waals surface area (Å²) in [6, 6.07) is 19.5. The third-order valence-electron chi connectivity index (χ3n) is 5.37. The van der Waals surface area contributed by atoms with Crippen LogP contribution in [-0.4, -0.2) is 28.6 Å². The van der Waals surface area contributed by atoms with Gasteiger partial charge in [-0.05, 0) is 41.5 Å². The van der Waals surface area contributed by atoms with Crippen molar-refractivity contribution >= 4 is 23.1 Å². The average Bonchev–Trinajstić information content (AvgIpc) is 3.33. The number of benzene rings is 3. The molecule has 6 nitrogen and oxygen atoms in total. The molecule has 0 spiro atoms. The summed E-state index contributed by atoms with van der Waals surface area (Å²) in [7, 11) is 0. The lowest BCUT2D eigenvalue weighted by Gasteiger charge is -2.12. The zero-order chi connectivity index (χ0) is 20.7. The molecule has 1 amide bonds. The molecule has 3 aromatic carbocycles. The van der Waals surface area contributed by atoms with Crippen LogP contribution >= 0.6 is 0 Å². The van der Waals surface area contributed by atoms with Gasteiger partial charge in [0, 0.05) is 28.8 Å². The molecule has 2 aliphatic rings. The maximum absolute atomic E-state index is 12.7. The molecule has 2 N–H and O–H groups in total. The van der Waals surface area contributed by atoms with Crippen LogP contribution in [0.15, 0.2) is 71.9 Å². The number of phenols is 1. The van der Waals surface area contributed by atoms with Crippen molar-refractivity contribution in [2.45, 2.75) is 18.9 Å². The van der Waals surface area contributed by atoms with Gasteiger partial charge in [0.2, 0.25) is 5.91 Å². The van der Waals surface area contributed by atoms with E-state index >= 15 is 0 Å². The lowest BCUT2D eigenvalue weighted by atomic mass is 10.0. The lowest BCUT2D eigenvalue weighted by molar-refractivity contribution is -0.118. The van der Waals surface area contributed by atoms with Crippen LogP contribution in [0.4, 0.5) is 5.69 Å². The molecule has 1 aliphatic carbocycles. The Morgan fingerprint density at radius 3 is 2.53 bits per heavy atom. The highest BCUT2D eigenvalue weighted by molar-refractivity contribution is 6.24. The molecule has 0 fully saturated rings. The molecule has 0 aromatic heterocycles. The number of oxime groups is 1. The van der Waals surface area contributed by atoms with Gasteiger partial charge in [0.05, 0.1) is 12.1 Å². The highest BCUT2D eigenvalue weighted by Crippen LogP contribution is 2.41. The van der Waals surface area contributed by atoms with Gasteiger partial charge in [0.15, 0.2) is 5.78 Å². The Balaban J connectivity index is 1.29. The summed E-state index contributed by atoms with van der Waals surface area (Å²) < 4.78 is 0. The molecule has 0 saturated carbocycles. The summed E-state index contributed by atoms with van der Waals surface area (Å²) >= 11 is 0. The minimum atomic E-state index is -0.362. The van der Waals surface area contributed by atoms with E-state index in [2.05, 4.69) is 10.5 Å². The highest BCUT2D eigenvalue weighted by atomic mass is 16.6. The Bertz CT molecular complexity index is 1200. The second kappa shape index (κ2) is 7.15. The van der Waals surface area contributed by atoms with Gasteiger partial charge < -0.3 is 15.3 Å². The van der Waals surface area contributed by atoms with Gasteiger partial charge in [-0.2, -0.15) is 0 Å². The second-order valence-corrected chi connectivity index (χ2v) is 7.37. The summed E-state index contributed by atoms with van der Waals surface area (Å²) in [5.74, 6) is -0.0419. The largest absolute Gasteiger partial charge is 0.508 e. The van der Waals surface area contributed by atoms with Gasteiger partial charge in [0.25, 0.3) is 0 Å². The fraction of sp³-hybridized carbons (Fsp3) is 0.125. The molecule has 0 bridgehead atoms. The third-order valence-corrected chi connectivity index (χ3v) is 5.37. The molecule has 0 radical (unpaired) electrons. The zero-order valence-electron chi connectivity index (χ0n) is 16.0. The number of nitrogens with one attached hydrogen (secondary N) is 1. The Hall–Kier alpha value is -3.93. The Morgan fingerprint density at radius 2 is 1.73 bits per heavy atom. The second-order valence-electron chi connectivity index (χ2n) is 7.37. The average molecular weight is 398 g/mol. The quantitative estimate of drug-likeness (QED) is 0.541. The zero-order valence-corrected chi connectivity index (χ0v) is 16.0. The van der Waals surface area contributed by atoms with Crippen LogP contribution < -0.4 is 5.32 Å². The molecular weight excluding hydrogens is 380 g/mol. The molecule has 3 aromatic rings. The number of hydrogen-bond acceptors (Lipinski definition) is 5. The topological polar surface area (TPSA) is 88.0 Å². The Labute approximate surface area is 172 Å². The number of hydrogen-bond donors (Lipinski definition) is 2. The monoisotopic (exact) mass is 398 g/mol. The number of phenolic OH excluding ortho intramolecular Hbond substituents is 1. The Morgan fingerprint density at radius 1 is 1.00 bits per heavy atom. The van der Waals surface area contributed by atoms with Crippen molar-refractivity contribution in [3.05, 3.63) is 83.4 Å². The first kappa shape index (κ1) is 18.1. The summed E-state index contributed by atoms with van der Waals surface area (Å²) in [5, 5.41) is 16.4. The van der Waals surface area contributed by atoms with Crippen LogP contribution in [0, 0.1) is 0 Å². The number of rotatable bonds is 4. The van der Waals surface area contributed by atoms with Gasteiger partial charge >= 0.3 is 0 Å². The number of carbonyl (C=O) groups is 2. The number of ketones is 1. The summed E-state index contributed by atoms with van der Waals surface area (Å²) in [6.45, 7) is 0. The van der Waals surface area contributed by atoms with E-state index in [9.17, 15) is 14.7 Å². The molecule has 1 unspecified atom stereocenters. The first-order chi connectivity index (χ1) is 14.6. The fourth-order valence-corrected chi connectivity index (χ4v) is 3.95. The number of nitrogens with zero attached hydrogens (tertiary/aromatic N) is 1. The van der Waals surface area contributed by atoms with E-state index in [-0.39, 0.29) is 30.0 Å². The minimum absolute atomic E-state index is 0.0252. The van der Waals surface area contributed by atoms with E-state index in [1.54, 1.807) is 48.5 Å². The van der Waals surface area contributed by atoms with Gasteiger partial charge in [-0.3, -0.25) is 9.59 Å². The first-order valence-corrected chi connectivity index (χ1v) is 9.69. The van der Waals surface area contributed by atoms with Crippen molar-refractivity contribution in [3.63, 3.8) is 0 Å². The number of anilines is 1. The van der Waals surface area contributed by atoms with Gasteiger partial charge in [0.1, 0.15) is 11.9 Å². The molecule has 0 saturated heterocycles. The van der Waals surface area contributed by atoms with Crippen molar-refractivity contribution in [3.8, 4) is 16.9 Å². The molecular formula is C24H18N2O4. The van der Waals surface area contributed by atoms with Crippen LogP contribution in [0.3, 0.4) is 0 Å². The van der Waals surface area contributed by atoms with Gasteiger partial charge in [-0.15, -0.1) is 0 Å². The SMILES string of the molecule is O=C(CC1CC(c2ccc(O)cc2)=NO1)Nc1cccc2c1-c1ccccc1C2=O. The van der Waals surface area contributed by atoms with Gasteiger partial charge in [-0.25, -0.2) is 0 Å². The van der Waals surface area contributed by atoms with E-state index in [1.807, 2.05) is 18.2 Å². The summed E-state index contributed by atoms with van der Waals surface area (Å²) in [6.07, 6.45) is 0.288. The minimum Gasteiger partial charge on any atom is -0.508 e. The van der Waals surface area contributed by atoms with E-state index in [4.69, 9.17) is 4.84 Å². The van der Waals surface area contributed by atoms with Crippen LogP contribution in [0.2, 0.25) is 0 Å².